The normalized spacial score (nSPS) is 15.9. The van der Waals surface area contributed by atoms with Crippen LogP contribution in [0, 0.1) is 0 Å². The van der Waals surface area contributed by atoms with Crippen molar-refractivity contribution in [2.24, 2.45) is 4.99 Å². The van der Waals surface area contributed by atoms with E-state index in [4.69, 9.17) is 0 Å². The Morgan fingerprint density at radius 1 is 1.64 bits per heavy atom. The van der Waals surface area contributed by atoms with Gasteiger partial charge in [0.2, 0.25) is 0 Å². The molecular formula is C8H10N2O. The van der Waals surface area contributed by atoms with E-state index in [0.29, 0.717) is 5.75 Å². The van der Waals surface area contributed by atoms with Gasteiger partial charge in [0.05, 0.1) is 5.22 Å². The summed E-state index contributed by atoms with van der Waals surface area (Å²) >= 11 is 0. The first-order valence-electron chi connectivity index (χ1n) is 3.69. The molecule has 0 bridgehead atoms. The first kappa shape index (κ1) is 6.46. The van der Waals surface area contributed by atoms with E-state index in [1.165, 1.54) is 5.57 Å². The summed E-state index contributed by atoms with van der Waals surface area (Å²) in [6, 6.07) is 0. The van der Waals surface area contributed by atoms with Gasteiger partial charge in [0.1, 0.15) is 11.2 Å². The lowest BCUT2D eigenvalue weighted by Crippen LogP contribution is -2.28. The van der Waals surface area contributed by atoms with E-state index < -0.39 is 0 Å². The van der Waals surface area contributed by atoms with Crippen molar-refractivity contribution in [1.29, 1.82) is 0 Å². The topological polar surface area (TPSA) is 48.4 Å². The molecule has 0 radical (unpaired) electrons. The second-order valence-corrected chi connectivity index (χ2v) is 2.81. The van der Waals surface area contributed by atoms with Gasteiger partial charge in [-0.3, -0.25) is 4.99 Å². The van der Waals surface area contributed by atoms with E-state index in [1.54, 1.807) is 6.20 Å². The van der Waals surface area contributed by atoms with Gasteiger partial charge in [0, 0.05) is 12.7 Å². The van der Waals surface area contributed by atoms with Crippen LogP contribution in [-0.4, -0.2) is 16.6 Å². The van der Waals surface area contributed by atoms with E-state index in [9.17, 15) is 5.11 Å². The van der Waals surface area contributed by atoms with Crippen LogP contribution in [0.15, 0.2) is 11.2 Å². The van der Waals surface area contributed by atoms with Gasteiger partial charge in [0.15, 0.2) is 0 Å². The molecule has 1 aliphatic rings. The third-order valence-electron chi connectivity index (χ3n) is 2.02. The van der Waals surface area contributed by atoms with Gasteiger partial charge in [-0.25, -0.2) is 0 Å². The number of fused-ring (bicyclic) bond motifs is 1. The van der Waals surface area contributed by atoms with Crippen molar-refractivity contribution in [3.63, 3.8) is 0 Å². The number of hydrogen-bond donors (Lipinski definition) is 2. The maximum atomic E-state index is 9.35. The highest BCUT2D eigenvalue weighted by molar-refractivity contribution is 5.46. The molecule has 3 nitrogen and oxygen atoms in total. The Morgan fingerprint density at radius 2 is 2.45 bits per heavy atom. The van der Waals surface area contributed by atoms with Gasteiger partial charge in [-0.15, -0.1) is 0 Å². The Labute approximate surface area is 64.1 Å². The molecule has 58 valence electrons. The van der Waals surface area contributed by atoms with Crippen LogP contribution in [0.3, 0.4) is 0 Å². The van der Waals surface area contributed by atoms with Crippen molar-refractivity contribution >= 4 is 5.57 Å². The lowest BCUT2D eigenvalue weighted by atomic mass is 10.1. The predicted octanol–water partition coefficient (Wildman–Crippen LogP) is -0.0858. The minimum Gasteiger partial charge on any atom is -0.506 e. The van der Waals surface area contributed by atoms with Gasteiger partial charge < -0.3 is 10.1 Å². The molecule has 3 heteroatoms. The highest BCUT2D eigenvalue weighted by Gasteiger charge is 2.05. The molecular weight excluding hydrogens is 140 g/mol. The molecule has 11 heavy (non-hydrogen) atoms. The number of aromatic amines is 1. The standard InChI is InChI=1S/C8H10N2O/c1-5-2-3-9-8-7(5)6(11)4-10-8/h4,11H,2-3H2,1H3,(H,9,10). The Kier molecular flexibility index (Phi) is 1.24. The Morgan fingerprint density at radius 3 is 3.18 bits per heavy atom. The van der Waals surface area contributed by atoms with Crippen LogP contribution in [0.5, 0.6) is 5.75 Å². The molecule has 0 unspecified atom stereocenters. The summed E-state index contributed by atoms with van der Waals surface area (Å²) in [6.07, 6.45) is 2.54. The molecule has 2 N–H and O–H groups in total. The fraction of sp³-hybridized carbons (Fsp3) is 0.375. The number of hydrogen-bond acceptors (Lipinski definition) is 2. The summed E-state index contributed by atoms with van der Waals surface area (Å²) in [5.41, 5.74) is 2.04. The van der Waals surface area contributed by atoms with E-state index >= 15 is 0 Å². The number of nitrogens with zero attached hydrogens (tertiary/aromatic N) is 1. The highest BCUT2D eigenvalue weighted by Crippen LogP contribution is 2.04. The van der Waals surface area contributed by atoms with Crippen LogP contribution in [0.1, 0.15) is 13.3 Å². The molecule has 2 heterocycles. The van der Waals surface area contributed by atoms with E-state index in [-0.39, 0.29) is 0 Å². The summed E-state index contributed by atoms with van der Waals surface area (Å²) in [5.74, 6) is 0.320. The molecule has 0 fully saturated rings. The maximum absolute atomic E-state index is 9.35. The number of aromatic hydroxyl groups is 1. The Balaban J connectivity index is 2.94. The number of aromatic nitrogens is 1. The van der Waals surface area contributed by atoms with Crippen molar-refractivity contribution < 1.29 is 5.11 Å². The lowest BCUT2D eigenvalue weighted by molar-refractivity contribution is 0.471. The molecule has 0 saturated heterocycles. The van der Waals surface area contributed by atoms with Crippen molar-refractivity contribution in [3.8, 4) is 5.75 Å². The van der Waals surface area contributed by atoms with Gasteiger partial charge >= 0.3 is 0 Å². The SMILES string of the molecule is CC1=c2c(O)c[nH]c2=NCC1. The van der Waals surface area contributed by atoms with Crippen LogP contribution in [0.2, 0.25) is 0 Å². The fourth-order valence-electron chi connectivity index (χ4n) is 1.41. The summed E-state index contributed by atoms with van der Waals surface area (Å²) in [5, 5.41) is 10.3. The minimum absolute atomic E-state index is 0.320. The van der Waals surface area contributed by atoms with Gasteiger partial charge in [-0.1, -0.05) is 5.57 Å². The quantitative estimate of drug-likeness (QED) is 0.533. The molecule has 1 aromatic rings. The zero-order chi connectivity index (χ0) is 7.84. The molecule has 2 rings (SSSR count). The smallest absolute Gasteiger partial charge is 0.142 e. The van der Waals surface area contributed by atoms with E-state index in [1.807, 2.05) is 6.92 Å². The largest absolute Gasteiger partial charge is 0.506 e. The van der Waals surface area contributed by atoms with Crippen LogP contribution in [0.25, 0.3) is 5.57 Å². The third kappa shape index (κ3) is 0.843. The number of rotatable bonds is 0. The predicted molar refractivity (Wildman–Crippen MR) is 41.8 cm³/mol. The monoisotopic (exact) mass is 150 g/mol. The van der Waals surface area contributed by atoms with E-state index in [2.05, 4.69) is 9.98 Å². The average Bonchev–Trinajstić information content (AvgIpc) is 2.34. The molecule has 0 amide bonds. The highest BCUT2D eigenvalue weighted by atomic mass is 16.3. The maximum Gasteiger partial charge on any atom is 0.142 e. The van der Waals surface area contributed by atoms with E-state index in [0.717, 1.165) is 23.7 Å². The van der Waals surface area contributed by atoms with Crippen molar-refractivity contribution in [3.05, 3.63) is 16.9 Å². The first-order chi connectivity index (χ1) is 5.29. The van der Waals surface area contributed by atoms with Crippen molar-refractivity contribution in [1.82, 2.24) is 4.98 Å². The third-order valence-corrected chi connectivity index (χ3v) is 2.02. The summed E-state index contributed by atoms with van der Waals surface area (Å²) < 4.78 is 0. The lowest BCUT2D eigenvalue weighted by Gasteiger charge is -2.01. The molecule has 1 aromatic heterocycles. The Hall–Kier alpha value is -1.25. The zero-order valence-corrected chi connectivity index (χ0v) is 6.39. The average molecular weight is 150 g/mol. The molecule has 0 saturated carbocycles. The zero-order valence-electron chi connectivity index (χ0n) is 6.39. The van der Waals surface area contributed by atoms with Crippen LogP contribution in [0.4, 0.5) is 0 Å². The molecule has 0 aliphatic carbocycles. The Bertz CT molecular complexity index is 389. The second kappa shape index (κ2) is 2.12. The van der Waals surface area contributed by atoms with Crippen LogP contribution < -0.4 is 10.7 Å². The summed E-state index contributed by atoms with van der Waals surface area (Å²) in [7, 11) is 0. The fourth-order valence-corrected chi connectivity index (χ4v) is 1.41. The van der Waals surface area contributed by atoms with Gasteiger partial charge in [-0.05, 0) is 13.3 Å². The molecule has 0 aromatic carbocycles. The molecule has 1 aliphatic heterocycles. The number of H-pyrrole nitrogens is 1. The first-order valence-corrected chi connectivity index (χ1v) is 3.69. The second-order valence-electron chi connectivity index (χ2n) is 2.81. The van der Waals surface area contributed by atoms with Crippen LogP contribution in [-0.2, 0) is 0 Å². The minimum atomic E-state index is 0.320. The van der Waals surface area contributed by atoms with Gasteiger partial charge in [-0.2, -0.15) is 0 Å². The van der Waals surface area contributed by atoms with Gasteiger partial charge in [0.25, 0.3) is 0 Å². The van der Waals surface area contributed by atoms with Crippen molar-refractivity contribution in [2.75, 3.05) is 6.54 Å². The molecule has 0 atom stereocenters. The van der Waals surface area contributed by atoms with Crippen molar-refractivity contribution in [2.45, 2.75) is 13.3 Å². The van der Waals surface area contributed by atoms with Crippen LogP contribution >= 0.6 is 0 Å². The number of nitrogens with one attached hydrogen (secondary N) is 1. The summed E-state index contributed by atoms with van der Waals surface area (Å²) in [6.45, 7) is 2.86. The molecule has 0 spiro atoms. The summed E-state index contributed by atoms with van der Waals surface area (Å²) in [4.78, 5) is 7.15.